The maximum absolute atomic E-state index is 12.6. The van der Waals surface area contributed by atoms with Crippen LogP contribution in [0.25, 0.3) is 6.08 Å². The molecule has 0 bridgehead atoms. The number of nitro groups is 1. The molecule has 2 aliphatic rings. The molecule has 4 rings (SSSR count). The van der Waals surface area contributed by atoms with Crippen LogP contribution in [-0.4, -0.2) is 46.8 Å². The van der Waals surface area contributed by atoms with Gasteiger partial charge in [0, 0.05) is 18.7 Å². The number of aryl methyl sites for hydroxylation is 1. The highest BCUT2D eigenvalue weighted by Crippen LogP contribution is 2.36. The molecule has 2 aromatic rings. The van der Waals surface area contributed by atoms with Gasteiger partial charge in [-0.05, 0) is 48.5 Å². The van der Waals surface area contributed by atoms with E-state index in [1.165, 1.54) is 6.07 Å². The third kappa shape index (κ3) is 4.14. The van der Waals surface area contributed by atoms with Crippen LogP contribution in [0.2, 0.25) is 0 Å². The standard InChI is InChI=1S/C21H17N3O7S/c1-12-3-2-4-14(18(12)24(28)29)19(25)22-7-8-23-20(26)17(32-21(23)27)10-13-5-6-15-16(9-13)31-11-30-15/h2-6,9-10H,7-8,11H2,1H3,(H,22,25)/b17-10-. The minimum Gasteiger partial charge on any atom is -0.454 e. The number of thioether (sulfide) groups is 1. The Labute approximate surface area is 186 Å². The number of rotatable bonds is 6. The van der Waals surface area contributed by atoms with Crippen LogP contribution in [0.15, 0.2) is 41.3 Å². The first kappa shape index (κ1) is 21.4. The van der Waals surface area contributed by atoms with Crippen LogP contribution >= 0.6 is 11.8 Å². The maximum Gasteiger partial charge on any atom is 0.293 e. The number of para-hydroxylation sites is 1. The van der Waals surface area contributed by atoms with E-state index in [1.807, 2.05) is 0 Å². The number of hydrogen-bond donors (Lipinski definition) is 1. The lowest BCUT2D eigenvalue weighted by Crippen LogP contribution is -2.37. The lowest BCUT2D eigenvalue weighted by molar-refractivity contribution is -0.385. The fourth-order valence-corrected chi connectivity index (χ4v) is 4.17. The van der Waals surface area contributed by atoms with E-state index in [9.17, 15) is 24.5 Å². The van der Waals surface area contributed by atoms with E-state index in [4.69, 9.17) is 9.47 Å². The predicted octanol–water partition coefficient (Wildman–Crippen LogP) is 3.10. The van der Waals surface area contributed by atoms with Gasteiger partial charge in [0.15, 0.2) is 11.5 Å². The quantitative estimate of drug-likeness (QED) is 0.400. The number of ether oxygens (including phenoxy) is 2. The van der Waals surface area contributed by atoms with E-state index >= 15 is 0 Å². The number of nitro benzene ring substituents is 1. The Bertz CT molecular complexity index is 1180. The summed E-state index contributed by atoms with van der Waals surface area (Å²) in [6.07, 6.45) is 1.58. The number of carbonyl (C=O) groups excluding carboxylic acids is 3. The number of imide groups is 1. The smallest absolute Gasteiger partial charge is 0.293 e. The Morgan fingerprint density at radius 1 is 1.25 bits per heavy atom. The molecule has 0 radical (unpaired) electrons. The molecule has 11 heteroatoms. The number of hydrogen-bond acceptors (Lipinski definition) is 8. The van der Waals surface area contributed by atoms with Gasteiger partial charge in [-0.15, -0.1) is 0 Å². The summed E-state index contributed by atoms with van der Waals surface area (Å²) >= 11 is 0.798. The van der Waals surface area contributed by atoms with Gasteiger partial charge in [0.1, 0.15) is 5.56 Å². The van der Waals surface area contributed by atoms with Crippen LogP contribution in [-0.2, 0) is 4.79 Å². The zero-order chi connectivity index (χ0) is 22.8. The van der Waals surface area contributed by atoms with E-state index in [0.29, 0.717) is 22.6 Å². The van der Waals surface area contributed by atoms with Crippen molar-refractivity contribution in [3.8, 4) is 11.5 Å². The van der Waals surface area contributed by atoms with Gasteiger partial charge in [-0.25, -0.2) is 0 Å². The van der Waals surface area contributed by atoms with Crippen molar-refractivity contribution in [2.24, 2.45) is 0 Å². The highest BCUT2D eigenvalue weighted by Gasteiger charge is 2.35. The molecule has 2 heterocycles. The monoisotopic (exact) mass is 455 g/mol. The topological polar surface area (TPSA) is 128 Å². The second-order valence-corrected chi connectivity index (χ2v) is 7.92. The van der Waals surface area contributed by atoms with Crippen molar-refractivity contribution >= 4 is 40.6 Å². The Morgan fingerprint density at radius 2 is 2.03 bits per heavy atom. The van der Waals surface area contributed by atoms with Crippen LogP contribution in [0.4, 0.5) is 10.5 Å². The molecule has 1 fully saturated rings. The molecule has 0 aliphatic carbocycles. The van der Waals surface area contributed by atoms with Crippen molar-refractivity contribution in [1.29, 1.82) is 0 Å². The summed E-state index contributed by atoms with van der Waals surface area (Å²) in [4.78, 5) is 49.3. The number of carbonyl (C=O) groups is 3. The van der Waals surface area contributed by atoms with E-state index in [-0.39, 0.29) is 36.0 Å². The Balaban J connectivity index is 1.40. The van der Waals surface area contributed by atoms with Crippen molar-refractivity contribution in [3.05, 3.63) is 68.1 Å². The van der Waals surface area contributed by atoms with Crippen molar-refractivity contribution < 1.29 is 28.8 Å². The molecule has 164 valence electrons. The van der Waals surface area contributed by atoms with Crippen LogP contribution < -0.4 is 14.8 Å². The molecule has 10 nitrogen and oxygen atoms in total. The summed E-state index contributed by atoms with van der Waals surface area (Å²) in [5.41, 5.74) is 0.691. The molecule has 3 amide bonds. The fourth-order valence-electron chi connectivity index (χ4n) is 3.31. The molecule has 32 heavy (non-hydrogen) atoms. The summed E-state index contributed by atoms with van der Waals surface area (Å²) in [5, 5.41) is 13.3. The molecular formula is C21H17N3O7S. The van der Waals surface area contributed by atoms with Crippen molar-refractivity contribution in [3.63, 3.8) is 0 Å². The van der Waals surface area contributed by atoms with Gasteiger partial charge in [0.2, 0.25) is 6.79 Å². The van der Waals surface area contributed by atoms with Crippen LogP contribution in [0.5, 0.6) is 11.5 Å². The maximum atomic E-state index is 12.6. The number of fused-ring (bicyclic) bond motifs is 1. The third-order valence-electron chi connectivity index (χ3n) is 4.85. The zero-order valence-electron chi connectivity index (χ0n) is 16.8. The molecule has 2 aromatic carbocycles. The summed E-state index contributed by atoms with van der Waals surface area (Å²) in [6, 6.07) is 9.63. The molecule has 0 atom stereocenters. The molecule has 2 aliphatic heterocycles. The Morgan fingerprint density at radius 3 is 2.81 bits per heavy atom. The highest BCUT2D eigenvalue weighted by molar-refractivity contribution is 8.18. The number of nitrogens with one attached hydrogen (secondary N) is 1. The zero-order valence-corrected chi connectivity index (χ0v) is 17.6. The largest absolute Gasteiger partial charge is 0.454 e. The summed E-state index contributed by atoms with van der Waals surface area (Å²) < 4.78 is 10.6. The minimum absolute atomic E-state index is 0.0424. The highest BCUT2D eigenvalue weighted by atomic mass is 32.2. The number of nitrogens with zero attached hydrogens (tertiary/aromatic N) is 2. The van der Waals surface area contributed by atoms with E-state index in [0.717, 1.165) is 16.7 Å². The van der Waals surface area contributed by atoms with Crippen molar-refractivity contribution in [2.75, 3.05) is 19.9 Å². The molecular weight excluding hydrogens is 438 g/mol. The lowest BCUT2D eigenvalue weighted by atomic mass is 10.1. The van der Waals surface area contributed by atoms with Gasteiger partial charge in [-0.3, -0.25) is 29.4 Å². The average Bonchev–Trinajstić information content (AvgIpc) is 3.32. The molecule has 0 aromatic heterocycles. The molecule has 1 N–H and O–H groups in total. The minimum atomic E-state index is -0.650. The Kier molecular flexibility index (Phi) is 5.82. The van der Waals surface area contributed by atoms with E-state index in [1.54, 1.807) is 43.3 Å². The van der Waals surface area contributed by atoms with Gasteiger partial charge in [-0.1, -0.05) is 18.2 Å². The normalized spacial score (nSPS) is 16.0. The van der Waals surface area contributed by atoms with Crippen molar-refractivity contribution in [1.82, 2.24) is 10.2 Å². The van der Waals surface area contributed by atoms with E-state index < -0.39 is 22.0 Å². The van der Waals surface area contributed by atoms with E-state index in [2.05, 4.69) is 5.32 Å². The second kappa shape index (κ2) is 8.71. The second-order valence-electron chi connectivity index (χ2n) is 6.93. The molecule has 0 saturated carbocycles. The summed E-state index contributed by atoms with van der Waals surface area (Å²) in [6.45, 7) is 1.57. The molecule has 0 unspecified atom stereocenters. The summed E-state index contributed by atoms with van der Waals surface area (Å²) in [5.74, 6) is 0.0440. The number of benzene rings is 2. The van der Waals surface area contributed by atoms with Gasteiger partial charge in [0.25, 0.3) is 22.7 Å². The average molecular weight is 455 g/mol. The third-order valence-corrected chi connectivity index (χ3v) is 5.76. The molecule has 1 saturated heterocycles. The summed E-state index contributed by atoms with van der Waals surface area (Å²) in [7, 11) is 0. The molecule has 0 spiro atoms. The fraction of sp³-hybridized carbons (Fsp3) is 0.190. The first-order chi connectivity index (χ1) is 15.3. The number of amides is 3. The first-order valence-corrected chi connectivity index (χ1v) is 10.3. The lowest BCUT2D eigenvalue weighted by Gasteiger charge is -2.13. The first-order valence-electron chi connectivity index (χ1n) is 9.52. The van der Waals surface area contributed by atoms with Gasteiger partial charge in [-0.2, -0.15) is 0 Å². The van der Waals surface area contributed by atoms with Crippen LogP contribution in [0.1, 0.15) is 21.5 Å². The Hall–Kier alpha value is -3.86. The van der Waals surface area contributed by atoms with Gasteiger partial charge in [0.05, 0.1) is 9.83 Å². The van der Waals surface area contributed by atoms with Crippen molar-refractivity contribution in [2.45, 2.75) is 6.92 Å². The van der Waals surface area contributed by atoms with Crippen LogP contribution in [0, 0.1) is 17.0 Å². The predicted molar refractivity (Wildman–Crippen MR) is 115 cm³/mol. The van der Waals surface area contributed by atoms with Gasteiger partial charge < -0.3 is 14.8 Å². The SMILES string of the molecule is Cc1cccc(C(=O)NCCN2C(=O)S/C(=C\c3ccc4c(c3)OCO4)C2=O)c1[N+](=O)[O-]. The van der Waals surface area contributed by atoms with Crippen LogP contribution in [0.3, 0.4) is 0 Å². The van der Waals surface area contributed by atoms with Gasteiger partial charge >= 0.3 is 0 Å².